The van der Waals surface area contributed by atoms with Gasteiger partial charge in [0.1, 0.15) is 11.6 Å². The van der Waals surface area contributed by atoms with E-state index in [0.29, 0.717) is 22.5 Å². The Hall–Kier alpha value is -2.74. The summed E-state index contributed by atoms with van der Waals surface area (Å²) in [5, 5.41) is 6.77. The molecule has 1 aromatic heterocycles. The Morgan fingerprint density at radius 1 is 1.08 bits per heavy atom. The quantitative estimate of drug-likeness (QED) is 0.758. The average Bonchev–Trinajstić information content (AvgIpc) is 3.06. The number of halogens is 2. The molecule has 2 heterocycles. The molecule has 0 radical (unpaired) electrons. The van der Waals surface area contributed by atoms with Gasteiger partial charge in [0.15, 0.2) is 0 Å². The third kappa shape index (κ3) is 2.32. The van der Waals surface area contributed by atoms with E-state index in [1.165, 1.54) is 40.8 Å². The van der Waals surface area contributed by atoms with Gasteiger partial charge in [-0.1, -0.05) is 0 Å². The molecule has 0 spiro atoms. The normalized spacial score (nSPS) is 16.4. The number of hydrogen-bond acceptors (Lipinski definition) is 3. The molecular weight excluding hydrogens is 348 g/mol. The second-order valence-electron chi connectivity index (χ2n) is 5.79. The Labute approximate surface area is 143 Å². The van der Waals surface area contributed by atoms with Crippen molar-refractivity contribution < 1.29 is 17.2 Å². The number of aromatic nitrogens is 2. The number of rotatable bonds is 2. The van der Waals surface area contributed by atoms with Crippen LogP contribution in [-0.4, -0.2) is 18.6 Å². The van der Waals surface area contributed by atoms with Crippen LogP contribution in [0.15, 0.2) is 53.6 Å². The second kappa shape index (κ2) is 5.38. The van der Waals surface area contributed by atoms with E-state index in [1.807, 2.05) is 0 Å². The molecule has 0 fully saturated rings. The van der Waals surface area contributed by atoms with Crippen LogP contribution in [0.1, 0.15) is 18.5 Å². The highest BCUT2D eigenvalue weighted by atomic mass is 32.2. The lowest BCUT2D eigenvalue weighted by atomic mass is 9.97. The van der Waals surface area contributed by atoms with Gasteiger partial charge in [-0.05, 0) is 49.4 Å². The van der Waals surface area contributed by atoms with E-state index in [-0.39, 0.29) is 4.90 Å². The Bertz CT molecular complexity index is 1060. The number of nitrogens with zero attached hydrogens (tertiary/aromatic N) is 2. The second-order valence-corrected chi connectivity index (χ2v) is 7.61. The zero-order valence-electron chi connectivity index (χ0n) is 13.1. The number of nitrogens with one attached hydrogen (secondary N) is 1. The summed E-state index contributed by atoms with van der Waals surface area (Å²) in [6, 6.07) is 7.96. The highest BCUT2D eigenvalue weighted by Gasteiger charge is 2.38. The first-order valence-electron chi connectivity index (χ1n) is 7.53. The molecule has 0 bridgehead atoms. The molecule has 3 aromatic rings. The number of hydrogen-bond donors (Lipinski definition) is 1. The minimum Gasteiger partial charge on any atom is -0.277 e. The lowest BCUT2D eigenvalue weighted by Crippen LogP contribution is -2.36. The van der Waals surface area contributed by atoms with Crippen molar-refractivity contribution in [3.05, 3.63) is 65.9 Å². The van der Waals surface area contributed by atoms with Gasteiger partial charge in [-0.2, -0.15) is 5.10 Å². The average molecular weight is 361 g/mol. The van der Waals surface area contributed by atoms with E-state index < -0.39 is 27.7 Å². The molecule has 5 nitrogen and oxygen atoms in total. The summed E-state index contributed by atoms with van der Waals surface area (Å²) >= 11 is 0. The van der Waals surface area contributed by atoms with Crippen molar-refractivity contribution in [2.75, 3.05) is 4.31 Å². The van der Waals surface area contributed by atoms with Crippen molar-refractivity contribution in [2.45, 2.75) is 17.9 Å². The van der Waals surface area contributed by atoms with Crippen LogP contribution in [0.25, 0.3) is 11.3 Å². The first kappa shape index (κ1) is 15.8. The van der Waals surface area contributed by atoms with Crippen LogP contribution in [0.4, 0.5) is 14.5 Å². The predicted molar refractivity (Wildman–Crippen MR) is 88.5 cm³/mol. The predicted octanol–water partition coefficient (Wildman–Crippen LogP) is 3.62. The SMILES string of the molecule is CC1c2cn[nH]c2-c2cc(F)ccc2N1S(=O)(=O)c1ccc(F)cc1. The first-order chi connectivity index (χ1) is 11.9. The van der Waals surface area contributed by atoms with Crippen molar-refractivity contribution in [3.8, 4) is 11.3 Å². The van der Waals surface area contributed by atoms with Crippen LogP contribution in [-0.2, 0) is 10.0 Å². The lowest BCUT2D eigenvalue weighted by molar-refractivity contribution is 0.580. The van der Waals surface area contributed by atoms with Gasteiger partial charge < -0.3 is 0 Å². The molecule has 0 aliphatic carbocycles. The van der Waals surface area contributed by atoms with Gasteiger partial charge in [0.2, 0.25) is 0 Å². The van der Waals surface area contributed by atoms with Crippen LogP contribution >= 0.6 is 0 Å². The maximum absolute atomic E-state index is 13.7. The van der Waals surface area contributed by atoms with E-state index in [1.54, 1.807) is 6.92 Å². The molecular formula is C17H13F2N3O2S. The van der Waals surface area contributed by atoms with Crippen LogP contribution in [0, 0.1) is 11.6 Å². The molecule has 1 atom stereocenters. The van der Waals surface area contributed by atoms with Crippen molar-refractivity contribution in [1.29, 1.82) is 0 Å². The van der Waals surface area contributed by atoms with Crippen molar-refractivity contribution >= 4 is 15.7 Å². The van der Waals surface area contributed by atoms with Gasteiger partial charge in [-0.25, -0.2) is 17.2 Å². The Balaban J connectivity index is 1.95. The van der Waals surface area contributed by atoms with Crippen molar-refractivity contribution in [2.24, 2.45) is 0 Å². The fourth-order valence-electron chi connectivity index (χ4n) is 3.12. The zero-order chi connectivity index (χ0) is 17.8. The van der Waals surface area contributed by atoms with Crippen LogP contribution in [0.2, 0.25) is 0 Å². The molecule has 1 unspecified atom stereocenters. The summed E-state index contributed by atoms with van der Waals surface area (Å²) in [5.74, 6) is -1.00. The molecule has 4 rings (SSSR count). The Morgan fingerprint density at radius 3 is 2.48 bits per heavy atom. The van der Waals surface area contributed by atoms with Crippen LogP contribution in [0.5, 0.6) is 0 Å². The van der Waals surface area contributed by atoms with Gasteiger partial charge in [-0.3, -0.25) is 9.40 Å². The van der Waals surface area contributed by atoms with E-state index in [4.69, 9.17) is 0 Å². The number of benzene rings is 2. The van der Waals surface area contributed by atoms with E-state index in [2.05, 4.69) is 10.2 Å². The molecule has 0 saturated carbocycles. The Kier molecular flexibility index (Phi) is 3.40. The van der Waals surface area contributed by atoms with E-state index >= 15 is 0 Å². The number of fused-ring (bicyclic) bond motifs is 3. The topological polar surface area (TPSA) is 66.1 Å². The smallest absolute Gasteiger partial charge is 0.264 e. The largest absolute Gasteiger partial charge is 0.277 e. The molecule has 8 heteroatoms. The molecule has 2 aromatic carbocycles. The summed E-state index contributed by atoms with van der Waals surface area (Å²) < 4.78 is 54.5. The van der Waals surface area contributed by atoms with Gasteiger partial charge >= 0.3 is 0 Å². The minimum absolute atomic E-state index is 0.0389. The number of sulfonamides is 1. The summed E-state index contributed by atoms with van der Waals surface area (Å²) in [6.45, 7) is 1.72. The van der Waals surface area contributed by atoms with E-state index in [0.717, 1.165) is 12.1 Å². The highest BCUT2D eigenvalue weighted by molar-refractivity contribution is 7.92. The third-order valence-corrected chi connectivity index (χ3v) is 6.21. The lowest BCUT2D eigenvalue weighted by Gasteiger charge is -2.35. The monoisotopic (exact) mass is 361 g/mol. The number of H-pyrrole nitrogens is 1. The molecule has 0 amide bonds. The Morgan fingerprint density at radius 2 is 1.76 bits per heavy atom. The maximum atomic E-state index is 13.7. The fourth-order valence-corrected chi connectivity index (χ4v) is 4.78. The molecule has 1 aliphatic rings. The molecule has 128 valence electrons. The first-order valence-corrected chi connectivity index (χ1v) is 8.97. The van der Waals surface area contributed by atoms with Crippen molar-refractivity contribution in [1.82, 2.24) is 10.2 Å². The van der Waals surface area contributed by atoms with Gasteiger partial charge in [0.25, 0.3) is 10.0 Å². The summed E-state index contributed by atoms with van der Waals surface area (Å²) in [5.41, 5.74) is 1.99. The zero-order valence-corrected chi connectivity index (χ0v) is 13.9. The van der Waals surface area contributed by atoms with Crippen molar-refractivity contribution in [3.63, 3.8) is 0 Å². The summed E-state index contributed by atoms with van der Waals surface area (Å²) in [4.78, 5) is -0.0389. The number of aromatic amines is 1. The molecule has 1 aliphatic heterocycles. The fraction of sp³-hybridized carbons (Fsp3) is 0.118. The van der Waals surface area contributed by atoms with Gasteiger partial charge in [0, 0.05) is 11.1 Å². The van der Waals surface area contributed by atoms with Gasteiger partial charge in [0.05, 0.1) is 28.5 Å². The molecule has 1 N–H and O–H groups in total. The highest BCUT2D eigenvalue weighted by Crippen LogP contribution is 2.46. The standard InChI is InChI=1S/C17H13F2N3O2S/c1-10-15-9-20-21-17(15)14-8-12(19)4-7-16(14)22(10)25(23,24)13-5-2-11(18)3-6-13/h2-10H,1H3,(H,20,21). The minimum atomic E-state index is -3.97. The summed E-state index contributed by atoms with van der Waals surface area (Å²) in [7, 11) is -3.97. The molecule has 25 heavy (non-hydrogen) atoms. The maximum Gasteiger partial charge on any atom is 0.264 e. The third-order valence-electron chi connectivity index (χ3n) is 4.31. The van der Waals surface area contributed by atoms with Crippen LogP contribution < -0.4 is 4.31 Å². The molecule has 0 saturated heterocycles. The van der Waals surface area contributed by atoms with Gasteiger partial charge in [-0.15, -0.1) is 0 Å². The summed E-state index contributed by atoms with van der Waals surface area (Å²) in [6.07, 6.45) is 1.53. The van der Waals surface area contributed by atoms with Crippen LogP contribution in [0.3, 0.4) is 0 Å². The van der Waals surface area contributed by atoms with E-state index in [9.17, 15) is 17.2 Å². The number of anilines is 1.